The average molecular weight is 309 g/mol. The van der Waals surface area contributed by atoms with Gasteiger partial charge in [0, 0.05) is 28.5 Å². The van der Waals surface area contributed by atoms with Crippen LogP contribution in [0.4, 0.5) is 0 Å². The molecule has 0 bridgehead atoms. The van der Waals surface area contributed by atoms with Crippen molar-refractivity contribution < 1.29 is 4.79 Å². The molecule has 0 radical (unpaired) electrons. The highest BCUT2D eigenvalue weighted by Crippen LogP contribution is 2.33. The van der Waals surface area contributed by atoms with Crippen molar-refractivity contribution in [3.8, 4) is 0 Å². The first-order chi connectivity index (χ1) is 10.6. The van der Waals surface area contributed by atoms with E-state index >= 15 is 0 Å². The van der Waals surface area contributed by atoms with Gasteiger partial charge in [-0.25, -0.2) is 0 Å². The van der Waals surface area contributed by atoms with Gasteiger partial charge in [0.25, 0.3) is 0 Å². The van der Waals surface area contributed by atoms with E-state index in [0.717, 1.165) is 6.54 Å². The summed E-state index contributed by atoms with van der Waals surface area (Å²) in [7, 11) is 0. The van der Waals surface area contributed by atoms with Gasteiger partial charge in [0.2, 0.25) is 0 Å². The molecule has 0 amide bonds. The Labute approximate surface area is 135 Å². The van der Waals surface area contributed by atoms with Crippen LogP contribution < -0.4 is 0 Å². The van der Waals surface area contributed by atoms with Crippen LogP contribution in [0.1, 0.15) is 19.4 Å². The molecule has 0 aliphatic rings. The lowest BCUT2D eigenvalue weighted by molar-refractivity contribution is -0.116. The van der Waals surface area contributed by atoms with Gasteiger partial charge in [-0.3, -0.25) is 4.79 Å². The minimum Gasteiger partial charge on any atom is -0.342 e. The fourth-order valence-corrected chi connectivity index (χ4v) is 3.53. The Balaban J connectivity index is 1.99. The molecule has 1 atom stereocenters. The number of fused-ring (bicyclic) bond motifs is 1. The highest BCUT2D eigenvalue weighted by Gasteiger charge is 2.14. The van der Waals surface area contributed by atoms with Gasteiger partial charge < -0.3 is 4.57 Å². The van der Waals surface area contributed by atoms with Gasteiger partial charge in [0.1, 0.15) is 5.78 Å². The second-order valence-corrected chi connectivity index (χ2v) is 6.88. The summed E-state index contributed by atoms with van der Waals surface area (Å²) in [5.41, 5.74) is 2.49. The molecular weight excluding hydrogens is 290 g/mol. The standard InChI is InChI=1S/C19H19NOS/c1-14(21)15(2)22-19-13-20(12-16-8-4-3-5-9-16)18-11-7-6-10-17(18)19/h3-11,13,15H,12H2,1-2H3. The number of hydrogen-bond acceptors (Lipinski definition) is 2. The van der Waals surface area contributed by atoms with Crippen molar-refractivity contribution >= 4 is 28.4 Å². The number of benzene rings is 2. The molecule has 1 heterocycles. The van der Waals surface area contributed by atoms with Gasteiger partial charge in [0.05, 0.1) is 5.25 Å². The molecule has 0 aliphatic carbocycles. The molecule has 0 aliphatic heterocycles. The lowest BCUT2D eigenvalue weighted by Gasteiger charge is -2.05. The third-order valence-electron chi connectivity index (χ3n) is 3.82. The first kappa shape index (κ1) is 14.9. The quantitative estimate of drug-likeness (QED) is 0.634. The molecule has 112 valence electrons. The number of rotatable bonds is 5. The lowest BCUT2D eigenvalue weighted by Crippen LogP contribution is -2.07. The third-order valence-corrected chi connectivity index (χ3v) is 5.09. The molecule has 2 aromatic carbocycles. The van der Waals surface area contributed by atoms with Gasteiger partial charge in [-0.2, -0.15) is 0 Å². The van der Waals surface area contributed by atoms with E-state index in [-0.39, 0.29) is 11.0 Å². The minimum absolute atomic E-state index is 0.0176. The zero-order chi connectivity index (χ0) is 15.5. The molecule has 2 nitrogen and oxygen atoms in total. The smallest absolute Gasteiger partial charge is 0.142 e. The number of aromatic nitrogens is 1. The van der Waals surface area contributed by atoms with Crippen molar-refractivity contribution in [2.45, 2.75) is 30.5 Å². The number of carbonyl (C=O) groups excluding carboxylic acids is 1. The van der Waals surface area contributed by atoms with Crippen LogP contribution in [0, 0.1) is 0 Å². The molecule has 0 saturated heterocycles. The van der Waals surface area contributed by atoms with E-state index in [9.17, 15) is 4.79 Å². The fourth-order valence-electron chi connectivity index (χ4n) is 2.49. The summed E-state index contributed by atoms with van der Waals surface area (Å²) >= 11 is 1.64. The van der Waals surface area contributed by atoms with Crippen molar-refractivity contribution in [3.63, 3.8) is 0 Å². The average Bonchev–Trinajstić information content (AvgIpc) is 2.86. The monoisotopic (exact) mass is 309 g/mol. The van der Waals surface area contributed by atoms with E-state index in [1.807, 2.05) is 13.0 Å². The van der Waals surface area contributed by atoms with Gasteiger partial charge in [0.15, 0.2) is 0 Å². The van der Waals surface area contributed by atoms with E-state index in [0.29, 0.717) is 0 Å². The maximum atomic E-state index is 11.6. The largest absolute Gasteiger partial charge is 0.342 e. The number of nitrogens with zero attached hydrogens (tertiary/aromatic N) is 1. The zero-order valence-electron chi connectivity index (χ0n) is 12.8. The van der Waals surface area contributed by atoms with E-state index in [4.69, 9.17) is 0 Å². The Morgan fingerprint density at radius 1 is 1.09 bits per heavy atom. The van der Waals surface area contributed by atoms with Gasteiger partial charge >= 0.3 is 0 Å². The SMILES string of the molecule is CC(=O)C(C)Sc1cn(Cc2ccccc2)c2ccccc12. The van der Waals surface area contributed by atoms with Crippen molar-refractivity contribution in [2.75, 3.05) is 0 Å². The maximum Gasteiger partial charge on any atom is 0.142 e. The Bertz CT molecular complexity index is 792. The number of carbonyl (C=O) groups is 1. The summed E-state index contributed by atoms with van der Waals surface area (Å²) in [6.45, 7) is 4.47. The van der Waals surface area contributed by atoms with E-state index in [2.05, 4.69) is 59.3 Å². The number of thioether (sulfide) groups is 1. The molecule has 0 fully saturated rings. The molecule has 3 aromatic rings. The lowest BCUT2D eigenvalue weighted by atomic mass is 10.2. The van der Waals surface area contributed by atoms with Crippen LogP contribution in [0.2, 0.25) is 0 Å². The van der Waals surface area contributed by atoms with Crippen LogP contribution in [0.15, 0.2) is 65.7 Å². The molecule has 22 heavy (non-hydrogen) atoms. The van der Waals surface area contributed by atoms with Crippen LogP contribution in [-0.4, -0.2) is 15.6 Å². The summed E-state index contributed by atoms with van der Waals surface area (Å²) < 4.78 is 2.26. The molecule has 0 spiro atoms. The normalized spacial score (nSPS) is 12.5. The highest BCUT2D eigenvalue weighted by molar-refractivity contribution is 8.00. The predicted molar refractivity (Wildman–Crippen MR) is 93.5 cm³/mol. The Morgan fingerprint density at radius 2 is 1.77 bits per heavy atom. The van der Waals surface area contributed by atoms with Crippen molar-refractivity contribution in [2.24, 2.45) is 0 Å². The molecule has 3 heteroatoms. The highest BCUT2D eigenvalue weighted by atomic mass is 32.2. The van der Waals surface area contributed by atoms with E-state index in [1.165, 1.54) is 21.4 Å². The van der Waals surface area contributed by atoms with Gasteiger partial charge in [-0.1, -0.05) is 48.5 Å². The van der Waals surface area contributed by atoms with Crippen LogP contribution in [-0.2, 0) is 11.3 Å². The van der Waals surface area contributed by atoms with Crippen molar-refractivity contribution in [1.82, 2.24) is 4.57 Å². The number of hydrogen-bond donors (Lipinski definition) is 0. The van der Waals surface area contributed by atoms with Gasteiger partial charge in [-0.05, 0) is 25.5 Å². The number of ketones is 1. The molecule has 3 rings (SSSR count). The Hall–Kier alpha value is -2.00. The summed E-state index contributed by atoms with van der Waals surface area (Å²) in [6, 6.07) is 18.8. The summed E-state index contributed by atoms with van der Waals surface area (Å²) in [5, 5.41) is 1.20. The number of Topliss-reactive ketones (excluding diaryl/α,β-unsaturated/α-hetero) is 1. The summed E-state index contributed by atoms with van der Waals surface area (Å²) in [6.07, 6.45) is 2.17. The first-order valence-electron chi connectivity index (χ1n) is 7.44. The second kappa shape index (κ2) is 6.41. The minimum atomic E-state index is -0.0176. The third kappa shape index (κ3) is 3.09. The Kier molecular flexibility index (Phi) is 4.34. The second-order valence-electron chi connectivity index (χ2n) is 5.49. The van der Waals surface area contributed by atoms with Crippen molar-refractivity contribution in [3.05, 3.63) is 66.4 Å². The topological polar surface area (TPSA) is 22.0 Å². The molecule has 1 aromatic heterocycles. The molecule has 1 unspecified atom stereocenters. The van der Waals surface area contributed by atoms with Gasteiger partial charge in [-0.15, -0.1) is 11.8 Å². The van der Waals surface area contributed by atoms with Crippen LogP contribution >= 0.6 is 11.8 Å². The fraction of sp³-hybridized carbons (Fsp3) is 0.211. The first-order valence-corrected chi connectivity index (χ1v) is 8.32. The van der Waals surface area contributed by atoms with Crippen molar-refractivity contribution in [1.29, 1.82) is 0 Å². The zero-order valence-corrected chi connectivity index (χ0v) is 13.6. The molecule has 0 N–H and O–H groups in total. The maximum absolute atomic E-state index is 11.6. The molecular formula is C19H19NOS. The van der Waals surface area contributed by atoms with Crippen LogP contribution in [0.5, 0.6) is 0 Å². The Morgan fingerprint density at radius 3 is 2.50 bits per heavy atom. The van der Waals surface area contributed by atoms with Crippen LogP contribution in [0.3, 0.4) is 0 Å². The van der Waals surface area contributed by atoms with E-state index in [1.54, 1.807) is 18.7 Å². The summed E-state index contributed by atoms with van der Waals surface area (Å²) in [4.78, 5) is 12.7. The predicted octanol–water partition coefficient (Wildman–Crippen LogP) is 4.76. The molecule has 0 saturated carbocycles. The van der Waals surface area contributed by atoms with Crippen LogP contribution in [0.25, 0.3) is 10.9 Å². The summed E-state index contributed by atoms with van der Waals surface area (Å²) in [5.74, 6) is 0.213. The number of para-hydroxylation sites is 1. The van der Waals surface area contributed by atoms with E-state index < -0.39 is 0 Å².